The second-order valence-corrected chi connectivity index (χ2v) is 10.1. The zero-order valence-electron chi connectivity index (χ0n) is 18.1. The first-order chi connectivity index (χ1) is 14.8. The lowest BCUT2D eigenvalue weighted by Gasteiger charge is -2.57. The fourth-order valence-corrected chi connectivity index (χ4v) is 6.60. The number of rotatable bonds is 9. The van der Waals surface area contributed by atoms with Crippen LogP contribution in [0.1, 0.15) is 63.4 Å². The molecule has 5 rings (SSSR count). The van der Waals surface area contributed by atoms with Crippen LogP contribution >= 0.6 is 0 Å². The van der Waals surface area contributed by atoms with Crippen molar-refractivity contribution in [3.63, 3.8) is 0 Å². The minimum absolute atomic E-state index is 0.209. The molecule has 1 heterocycles. The first-order valence-electron chi connectivity index (χ1n) is 11.7. The van der Waals surface area contributed by atoms with Crippen molar-refractivity contribution in [2.24, 2.45) is 23.2 Å². The molecule has 1 aromatic heterocycles. The van der Waals surface area contributed by atoms with Gasteiger partial charge in [0.05, 0.1) is 13.0 Å². The third-order valence-electron chi connectivity index (χ3n) is 7.59. The predicted octanol–water partition coefficient (Wildman–Crippen LogP) is 6.01. The van der Waals surface area contributed by atoms with Crippen molar-refractivity contribution in [2.45, 2.75) is 70.4 Å². The Kier molecular flexibility index (Phi) is 6.77. The maximum absolute atomic E-state index is 12.8. The summed E-state index contributed by atoms with van der Waals surface area (Å²) in [6, 6.07) is 3.81. The van der Waals surface area contributed by atoms with Crippen LogP contribution in [0.25, 0.3) is 0 Å². The van der Waals surface area contributed by atoms with E-state index in [1.807, 2.05) is 12.1 Å². The molecule has 172 valence electrons. The van der Waals surface area contributed by atoms with Crippen molar-refractivity contribution in [1.82, 2.24) is 9.88 Å². The molecular formula is C24H33F3N2O2. The number of alkyl halides is 3. The van der Waals surface area contributed by atoms with Crippen molar-refractivity contribution in [3.8, 4) is 0 Å². The molecule has 4 saturated carbocycles. The highest BCUT2D eigenvalue weighted by atomic mass is 19.4. The van der Waals surface area contributed by atoms with Gasteiger partial charge in [0.25, 0.3) is 0 Å². The number of hydrogen-bond donors (Lipinski definition) is 0. The highest BCUT2D eigenvalue weighted by Crippen LogP contribution is 2.61. The topological polar surface area (TPSA) is 42.4 Å². The van der Waals surface area contributed by atoms with E-state index in [0.717, 1.165) is 36.2 Å². The fourth-order valence-electron chi connectivity index (χ4n) is 6.60. The summed E-state index contributed by atoms with van der Waals surface area (Å²) in [5, 5.41) is 0. The average Bonchev–Trinajstić information content (AvgIpc) is 2.70. The molecule has 0 unspecified atom stereocenters. The molecule has 0 N–H and O–H groups in total. The minimum Gasteiger partial charge on any atom is -0.449 e. The maximum atomic E-state index is 12.8. The zero-order chi connectivity index (χ0) is 21.9. The Morgan fingerprint density at radius 3 is 2.26 bits per heavy atom. The molecule has 4 aliphatic carbocycles. The maximum Gasteiger partial charge on any atom is 0.409 e. The van der Waals surface area contributed by atoms with Crippen LogP contribution in [0.2, 0.25) is 0 Å². The van der Waals surface area contributed by atoms with E-state index in [4.69, 9.17) is 4.74 Å². The Bertz CT molecular complexity index is 703. The largest absolute Gasteiger partial charge is 0.449 e. The van der Waals surface area contributed by atoms with Gasteiger partial charge in [0.2, 0.25) is 0 Å². The van der Waals surface area contributed by atoms with Gasteiger partial charge in [0.15, 0.2) is 0 Å². The van der Waals surface area contributed by atoms with Crippen LogP contribution < -0.4 is 0 Å². The van der Waals surface area contributed by atoms with E-state index >= 15 is 0 Å². The second kappa shape index (κ2) is 9.37. The molecule has 0 saturated heterocycles. The van der Waals surface area contributed by atoms with Gasteiger partial charge >= 0.3 is 12.3 Å². The van der Waals surface area contributed by atoms with E-state index in [-0.39, 0.29) is 18.6 Å². The molecular weight excluding hydrogens is 405 g/mol. The first kappa shape index (κ1) is 22.4. The van der Waals surface area contributed by atoms with E-state index < -0.39 is 18.7 Å². The van der Waals surface area contributed by atoms with Crippen LogP contribution in [0.4, 0.5) is 18.0 Å². The smallest absolute Gasteiger partial charge is 0.409 e. The Morgan fingerprint density at radius 2 is 1.68 bits per heavy atom. The number of ether oxygens (including phenoxy) is 1. The third kappa shape index (κ3) is 6.13. The Balaban J connectivity index is 1.29. The molecule has 4 bridgehead atoms. The number of carbonyl (C=O) groups is 1. The lowest BCUT2D eigenvalue weighted by atomic mass is 9.49. The SMILES string of the molecule is O=C(OCCCc1ccncc1)N(CCC(F)(F)F)CCC12CC3CC(CC(C3)C1)C2. The van der Waals surface area contributed by atoms with Gasteiger partial charge in [-0.1, -0.05) is 0 Å². The van der Waals surface area contributed by atoms with Crippen LogP contribution in [0.5, 0.6) is 0 Å². The molecule has 1 amide bonds. The molecule has 0 aliphatic heterocycles. The summed E-state index contributed by atoms with van der Waals surface area (Å²) in [7, 11) is 0. The van der Waals surface area contributed by atoms with Crippen molar-refractivity contribution in [3.05, 3.63) is 30.1 Å². The summed E-state index contributed by atoms with van der Waals surface area (Å²) < 4.78 is 43.9. The lowest BCUT2D eigenvalue weighted by molar-refractivity contribution is -0.137. The zero-order valence-corrected chi connectivity index (χ0v) is 18.1. The van der Waals surface area contributed by atoms with Gasteiger partial charge in [-0.15, -0.1) is 0 Å². The van der Waals surface area contributed by atoms with Crippen molar-refractivity contribution in [2.75, 3.05) is 19.7 Å². The molecule has 4 fully saturated rings. The van der Waals surface area contributed by atoms with E-state index in [1.54, 1.807) is 12.4 Å². The Labute approximate surface area is 182 Å². The highest BCUT2D eigenvalue weighted by molar-refractivity contribution is 5.67. The van der Waals surface area contributed by atoms with E-state index in [0.29, 0.717) is 13.0 Å². The number of halogens is 3. The van der Waals surface area contributed by atoms with Gasteiger partial charge in [-0.3, -0.25) is 4.98 Å². The number of aromatic nitrogens is 1. The number of aryl methyl sites for hydroxylation is 1. The molecule has 0 spiro atoms. The average molecular weight is 439 g/mol. The quantitative estimate of drug-likeness (QED) is 0.443. The number of hydrogen-bond acceptors (Lipinski definition) is 3. The molecule has 1 aromatic rings. The molecule has 31 heavy (non-hydrogen) atoms. The van der Waals surface area contributed by atoms with Crippen molar-refractivity contribution >= 4 is 6.09 Å². The lowest BCUT2D eigenvalue weighted by Crippen LogP contribution is -2.48. The summed E-state index contributed by atoms with van der Waals surface area (Å²) in [5.74, 6) is 2.36. The number of carbonyl (C=O) groups excluding carboxylic acids is 1. The second-order valence-electron chi connectivity index (χ2n) is 10.1. The minimum atomic E-state index is -4.28. The van der Waals surface area contributed by atoms with E-state index in [9.17, 15) is 18.0 Å². The van der Waals surface area contributed by atoms with Gasteiger partial charge in [-0.2, -0.15) is 13.2 Å². The predicted molar refractivity (Wildman–Crippen MR) is 111 cm³/mol. The summed E-state index contributed by atoms with van der Waals surface area (Å²) >= 11 is 0. The summed E-state index contributed by atoms with van der Waals surface area (Å²) in [4.78, 5) is 17.9. The molecule has 0 aromatic carbocycles. The normalized spacial score (nSPS) is 29.2. The van der Waals surface area contributed by atoms with Gasteiger partial charge in [0.1, 0.15) is 0 Å². The number of pyridine rings is 1. The van der Waals surface area contributed by atoms with Gasteiger partial charge in [-0.05, 0) is 98.7 Å². The van der Waals surface area contributed by atoms with Gasteiger partial charge in [-0.25, -0.2) is 4.79 Å². The van der Waals surface area contributed by atoms with Gasteiger partial charge in [0, 0.05) is 25.5 Å². The molecule has 7 heteroatoms. The monoisotopic (exact) mass is 438 g/mol. The first-order valence-corrected chi connectivity index (χ1v) is 11.7. The van der Waals surface area contributed by atoms with Crippen LogP contribution in [0.15, 0.2) is 24.5 Å². The molecule has 0 radical (unpaired) electrons. The van der Waals surface area contributed by atoms with E-state index in [2.05, 4.69) is 4.98 Å². The number of amides is 1. The molecule has 4 nitrogen and oxygen atoms in total. The number of nitrogens with zero attached hydrogens (tertiary/aromatic N) is 2. The highest BCUT2D eigenvalue weighted by Gasteiger charge is 2.50. The Hall–Kier alpha value is -1.79. The summed E-state index contributed by atoms with van der Waals surface area (Å²) in [6.45, 7) is 0.255. The third-order valence-corrected chi connectivity index (χ3v) is 7.59. The molecule has 4 aliphatic rings. The summed E-state index contributed by atoms with van der Waals surface area (Å²) in [5.41, 5.74) is 1.33. The fraction of sp³-hybridized carbons (Fsp3) is 0.750. The van der Waals surface area contributed by atoms with Crippen LogP contribution in [-0.2, 0) is 11.2 Å². The van der Waals surface area contributed by atoms with Crippen LogP contribution in [0.3, 0.4) is 0 Å². The summed E-state index contributed by atoms with van der Waals surface area (Å²) in [6.07, 6.45) is 7.29. The van der Waals surface area contributed by atoms with Crippen molar-refractivity contribution in [1.29, 1.82) is 0 Å². The van der Waals surface area contributed by atoms with E-state index in [1.165, 1.54) is 43.4 Å². The van der Waals surface area contributed by atoms with Gasteiger partial charge < -0.3 is 9.64 Å². The molecule has 0 atom stereocenters. The standard InChI is InChI=1S/C24H33F3N2O2/c25-24(26,27)6-10-29(22(30)31-11-1-2-18-3-7-28-8-4-18)9-5-23-15-19-12-20(16-23)14-21(13-19)17-23/h3-4,7-8,19-21H,1-2,5-6,9-17H2. The van der Waals surface area contributed by atoms with Crippen LogP contribution in [0, 0.1) is 23.2 Å². The Morgan fingerprint density at radius 1 is 1.06 bits per heavy atom. The van der Waals surface area contributed by atoms with Crippen molar-refractivity contribution < 1.29 is 22.7 Å². The van der Waals surface area contributed by atoms with Crippen LogP contribution in [-0.4, -0.2) is 41.8 Å².